The summed E-state index contributed by atoms with van der Waals surface area (Å²) >= 11 is 3.47. The van der Waals surface area contributed by atoms with Crippen molar-refractivity contribution in [2.45, 2.75) is 32.6 Å². The van der Waals surface area contributed by atoms with Crippen LogP contribution in [0.1, 0.15) is 36.3 Å². The fourth-order valence-corrected chi connectivity index (χ4v) is 2.78. The molecule has 0 saturated carbocycles. The highest BCUT2D eigenvalue weighted by Crippen LogP contribution is 2.30. The molecule has 20 heavy (non-hydrogen) atoms. The van der Waals surface area contributed by atoms with Crippen LogP contribution in [0.2, 0.25) is 0 Å². The lowest BCUT2D eigenvalue weighted by atomic mass is 10.0. The van der Waals surface area contributed by atoms with Gasteiger partial charge < -0.3 is 9.84 Å². The molecule has 0 spiro atoms. The normalized spacial score (nSPS) is 12.6. The van der Waals surface area contributed by atoms with E-state index in [-0.39, 0.29) is 0 Å². The van der Waals surface area contributed by atoms with Gasteiger partial charge in [0.25, 0.3) is 0 Å². The van der Waals surface area contributed by atoms with E-state index in [1.54, 1.807) is 13.3 Å². The maximum Gasteiger partial charge on any atom is 0.122 e. The number of methoxy groups -OCH3 is 1. The predicted molar refractivity (Wildman–Crippen MR) is 81.4 cm³/mol. The fourth-order valence-electron chi connectivity index (χ4n) is 2.27. The molecule has 0 bridgehead atoms. The lowest BCUT2D eigenvalue weighted by Gasteiger charge is -2.17. The van der Waals surface area contributed by atoms with E-state index in [2.05, 4.69) is 28.0 Å². The molecule has 1 atom stereocenters. The molecule has 0 radical (unpaired) electrons. The summed E-state index contributed by atoms with van der Waals surface area (Å²) < 4.78 is 7.87. The highest BCUT2D eigenvalue weighted by atomic mass is 79.9. The Kier molecular flexibility index (Phi) is 5.34. The van der Waals surface area contributed by atoms with Crippen LogP contribution in [0.4, 0.5) is 0 Å². The first kappa shape index (κ1) is 15.2. The molecule has 1 heterocycles. The first-order valence-corrected chi connectivity index (χ1v) is 7.44. The summed E-state index contributed by atoms with van der Waals surface area (Å²) in [5.41, 5.74) is 2.63. The summed E-state index contributed by atoms with van der Waals surface area (Å²) in [6.45, 7) is 3.35. The first-order chi connectivity index (χ1) is 9.69. The number of hydrogen-bond donors (Lipinski definition) is 1. The van der Waals surface area contributed by atoms with E-state index in [0.29, 0.717) is 6.61 Å². The number of aryl methyl sites for hydroxylation is 1. The summed E-state index contributed by atoms with van der Waals surface area (Å²) in [4.78, 5) is 0. The monoisotopic (exact) mass is 338 g/mol. The third-order valence-corrected chi connectivity index (χ3v) is 3.79. The third-order valence-electron chi connectivity index (χ3n) is 3.18. The molecule has 0 amide bonds. The molecule has 0 aliphatic rings. The minimum atomic E-state index is -0.718. The Balaban J connectivity index is 2.41. The zero-order valence-electron chi connectivity index (χ0n) is 11.7. The Morgan fingerprint density at radius 2 is 2.15 bits per heavy atom. The number of aromatic nitrogens is 2. The number of ether oxygens (including phenoxy) is 1. The number of aliphatic hydroxyl groups is 1. The Labute approximate surface area is 127 Å². The summed E-state index contributed by atoms with van der Waals surface area (Å²) in [5, 5.41) is 15.0. The predicted octanol–water partition coefficient (Wildman–Crippen LogP) is 3.28. The van der Waals surface area contributed by atoms with Crippen molar-refractivity contribution in [2.24, 2.45) is 0 Å². The van der Waals surface area contributed by atoms with Gasteiger partial charge in [-0.05, 0) is 33.5 Å². The number of nitrogens with zero attached hydrogens (tertiary/aromatic N) is 2. The summed E-state index contributed by atoms with van der Waals surface area (Å²) in [6.07, 6.45) is 1.98. The van der Waals surface area contributed by atoms with Gasteiger partial charge in [-0.15, -0.1) is 0 Å². The van der Waals surface area contributed by atoms with E-state index in [9.17, 15) is 5.11 Å². The second kappa shape index (κ2) is 7.02. The van der Waals surface area contributed by atoms with Gasteiger partial charge in [0.05, 0.1) is 23.0 Å². The molecule has 2 aromatic rings. The Bertz CT molecular complexity index is 569. The fraction of sp³-hybridized carbons (Fsp3) is 0.400. The highest BCUT2D eigenvalue weighted by Gasteiger charge is 2.21. The van der Waals surface area contributed by atoms with Gasteiger partial charge in [-0.25, -0.2) is 0 Å². The quantitative estimate of drug-likeness (QED) is 0.879. The number of halogens is 1. The second-order valence-corrected chi connectivity index (χ2v) is 5.49. The summed E-state index contributed by atoms with van der Waals surface area (Å²) in [6, 6.07) is 7.76. The maximum absolute atomic E-state index is 10.7. The van der Waals surface area contributed by atoms with Crippen LogP contribution >= 0.6 is 15.9 Å². The third kappa shape index (κ3) is 3.11. The molecule has 2 rings (SSSR count). The van der Waals surface area contributed by atoms with Crippen LogP contribution in [-0.4, -0.2) is 22.0 Å². The minimum Gasteiger partial charge on any atom is -0.382 e. The van der Waals surface area contributed by atoms with E-state index < -0.39 is 6.10 Å². The molecule has 0 fully saturated rings. The van der Waals surface area contributed by atoms with Crippen LogP contribution in [0.5, 0.6) is 0 Å². The molecule has 1 aromatic heterocycles. The lowest BCUT2D eigenvalue weighted by molar-refractivity contribution is 0.173. The van der Waals surface area contributed by atoms with E-state index in [1.807, 2.05) is 28.9 Å². The molecule has 5 heteroatoms. The van der Waals surface area contributed by atoms with Crippen molar-refractivity contribution >= 4 is 15.9 Å². The van der Waals surface area contributed by atoms with Crippen LogP contribution in [0.25, 0.3) is 0 Å². The van der Waals surface area contributed by atoms with E-state index in [1.165, 1.54) is 0 Å². The van der Waals surface area contributed by atoms with Crippen LogP contribution in [-0.2, 0) is 17.9 Å². The smallest absolute Gasteiger partial charge is 0.122 e. The van der Waals surface area contributed by atoms with Gasteiger partial charge in [0, 0.05) is 13.7 Å². The summed E-state index contributed by atoms with van der Waals surface area (Å²) in [7, 11) is 1.65. The molecule has 1 unspecified atom stereocenters. The molecule has 1 aromatic carbocycles. The van der Waals surface area contributed by atoms with Gasteiger partial charge in [0.15, 0.2) is 0 Å². The molecular weight excluding hydrogens is 320 g/mol. The SMILES string of the molecule is CCCn1ncc(Br)c1C(O)c1ccccc1COC. The van der Waals surface area contributed by atoms with E-state index in [4.69, 9.17) is 4.74 Å². The largest absolute Gasteiger partial charge is 0.382 e. The molecule has 0 aliphatic heterocycles. The minimum absolute atomic E-state index is 0.479. The van der Waals surface area contributed by atoms with Gasteiger partial charge >= 0.3 is 0 Å². The van der Waals surface area contributed by atoms with Crippen molar-refractivity contribution in [1.29, 1.82) is 0 Å². The molecule has 108 valence electrons. The van der Waals surface area contributed by atoms with Crippen LogP contribution in [0, 0.1) is 0 Å². The average molecular weight is 339 g/mol. The van der Waals surface area contributed by atoms with Crippen molar-refractivity contribution in [3.63, 3.8) is 0 Å². The molecule has 1 N–H and O–H groups in total. The summed E-state index contributed by atoms with van der Waals surface area (Å²) in [5.74, 6) is 0. The standard InChI is InChI=1S/C15H19BrN2O2/c1-3-8-18-14(13(16)9-17-18)15(19)12-7-5-4-6-11(12)10-20-2/h4-7,9,15,19H,3,8,10H2,1-2H3. The average Bonchev–Trinajstić information content (AvgIpc) is 2.81. The Hall–Kier alpha value is -1.17. The van der Waals surface area contributed by atoms with Crippen molar-refractivity contribution in [1.82, 2.24) is 9.78 Å². The number of aliphatic hydroxyl groups excluding tert-OH is 1. The Morgan fingerprint density at radius 1 is 1.40 bits per heavy atom. The topological polar surface area (TPSA) is 47.3 Å². The molecule has 4 nitrogen and oxygen atoms in total. The van der Waals surface area contributed by atoms with Crippen LogP contribution in [0.3, 0.4) is 0 Å². The van der Waals surface area contributed by atoms with E-state index in [0.717, 1.165) is 34.3 Å². The number of rotatable bonds is 6. The number of hydrogen-bond acceptors (Lipinski definition) is 3. The van der Waals surface area contributed by atoms with Gasteiger partial charge in [-0.3, -0.25) is 4.68 Å². The molecular formula is C15H19BrN2O2. The number of benzene rings is 1. The first-order valence-electron chi connectivity index (χ1n) is 6.65. The van der Waals surface area contributed by atoms with E-state index >= 15 is 0 Å². The second-order valence-electron chi connectivity index (χ2n) is 4.64. The van der Waals surface area contributed by atoms with Crippen LogP contribution in [0.15, 0.2) is 34.9 Å². The van der Waals surface area contributed by atoms with Gasteiger partial charge in [0.2, 0.25) is 0 Å². The van der Waals surface area contributed by atoms with Gasteiger partial charge in [-0.1, -0.05) is 31.2 Å². The lowest BCUT2D eigenvalue weighted by Crippen LogP contribution is -2.12. The zero-order valence-corrected chi connectivity index (χ0v) is 13.3. The van der Waals surface area contributed by atoms with Crippen molar-refractivity contribution in [3.05, 3.63) is 51.8 Å². The Morgan fingerprint density at radius 3 is 2.85 bits per heavy atom. The highest BCUT2D eigenvalue weighted by molar-refractivity contribution is 9.10. The van der Waals surface area contributed by atoms with Crippen molar-refractivity contribution in [3.8, 4) is 0 Å². The molecule has 0 saturated heterocycles. The zero-order chi connectivity index (χ0) is 14.5. The van der Waals surface area contributed by atoms with Crippen LogP contribution < -0.4 is 0 Å². The van der Waals surface area contributed by atoms with Crippen molar-refractivity contribution in [2.75, 3.05) is 7.11 Å². The molecule has 0 aliphatic carbocycles. The van der Waals surface area contributed by atoms with Gasteiger partial charge in [-0.2, -0.15) is 5.10 Å². The van der Waals surface area contributed by atoms with Gasteiger partial charge in [0.1, 0.15) is 6.10 Å². The maximum atomic E-state index is 10.7. The van der Waals surface area contributed by atoms with Crippen molar-refractivity contribution < 1.29 is 9.84 Å².